The molecule has 0 N–H and O–H groups in total. The van der Waals surface area contributed by atoms with E-state index in [1.165, 1.54) is 50.2 Å². The third-order valence-corrected chi connectivity index (χ3v) is 13.0. The second-order valence-electron chi connectivity index (χ2n) is 20.3. The first kappa shape index (κ1) is 36.7. The van der Waals surface area contributed by atoms with Crippen LogP contribution in [-0.2, 0) is 21.7 Å². The molecule has 0 unspecified atom stereocenters. The van der Waals surface area contributed by atoms with E-state index >= 15 is 0 Å². The van der Waals surface area contributed by atoms with E-state index in [2.05, 4.69) is 207 Å². The Bertz CT molecular complexity index is 2790. The van der Waals surface area contributed by atoms with E-state index in [-0.39, 0.29) is 28.4 Å². The van der Waals surface area contributed by atoms with Gasteiger partial charge in [0.1, 0.15) is 17.1 Å². The van der Waals surface area contributed by atoms with Crippen molar-refractivity contribution < 1.29 is 9.15 Å². The molecule has 3 aliphatic rings. The van der Waals surface area contributed by atoms with Crippen LogP contribution in [0.3, 0.4) is 0 Å². The lowest BCUT2D eigenvalue weighted by molar-refractivity contribution is 0.418. The fraction of sp³-hybridized carbons (Fsp3) is 0.283. The summed E-state index contributed by atoms with van der Waals surface area (Å²) in [5.41, 5.74) is 17.2. The van der Waals surface area contributed by atoms with Crippen molar-refractivity contribution in [3.8, 4) is 11.5 Å². The maximum absolute atomic E-state index is 7.33. The van der Waals surface area contributed by atoms with Crippen molar-refractivity contribution in [3.05, 3.63) is 149 Å². The smallest absolute Gasteiger partial charge is 0.297 e. The van der Waals surface area contributed by atoms with Crippen LogP contribution in [0.15, 0.2) is 126 Å². The Balaban J connectivity index is 1.28. The molecule has 0 radical (unpaired) electrons. The zero-order valence-corrected chi connectivity index (χ0v) is 35.8. The Labute approximate surface area is 344 Å². The lowest BCUT2D eigenvalue weighted by Gasteiger charge is -2.43. The number of benzene rings is 6. The van der Waals surface area contributed by atoms with Gasteiger partial charge in [0.2, 0.25) is 0 Å². The van der Waals surface area contributed by atoms with Gasteiger partial charge in [-0.25, -0.2) is 0 Å². The fourth-order valence-electron chi connectivity index (χ4n) is 9.59. The van der Waals surface area contributed by atoms with Gasteiger partial charge in [0.25, 0.3) is 6.71 Å². The highest BCUT2D eigenvalue weighted by Gasteiger charge is 2.47. The van der Waals surface area contributed by atoms with Gasteiger partial charge in [-0.05, 0) is 98.5 Å². The standard InChI is InChI=1S/C53H53BN2O2/c1-50(2,3)32-19-24-35(25-20-32)55-41-28-23-34(52(7,8)9)29-40(41)54-47-42(55)16-14-17-43(47)56(36-26-21-33(22-27-36)51(4,5)6)48-37-30-39-46(31-45(37)58-49(48)54)57-44-18-13-12-15-38(44)53(39,10)11/h12-31H,1-11H3. The van der Waals surface area contributed by atoms with Crippen LogP contribution in [0.1, 0.15) is 104 Å². The van der Waals surface area contributed by atoms with Crippen LogP contribution in [0, 0.1) is 0 Å². The van der Waals surface area contributed by atoms with E-state index in [4.69, 9.17) is 9.15 Å². The van der Waals surface area contributed by atoms with Gasteiger partial charge < -0.3 is 19.0 Å². The van der Waals surface area contributed by atoms with Crippen LogP contribution in [0.5, 0.6) is 11.5 Å². The minimum atomic E-state index is -0.274. The van der Waals surface area contributed by atoms with Crippen molar-refractivity contribution in [3.63, 3.8) is 0 Å². The lowest BCUT2D eigenvalue weighted by atomic mass is 9.35. The Kier molecular flexibility index (Phi) is 7.69. The maximum atomic E-state index is 7.33. The highest BCUT2D eigenvalue weighted by Crippen LogP contribution is 2.52. The van der Waals surface area contributed by atoms with Gasteiger partial charge in [-0.3, -0.25) is 0 Å². The first-order chi connectivity index (χ1) is 27.4. The highest BCUT2D eigenvalue weighted by molar-refractivity contribution is 7.00. The van der Waals surface area contributed by atoms with Crippen molar-refractivity contribution >= 4 is 68.4 Å². The molecule has 0 saturated carbocycles. The lowest BCUT2D eigenvalue weighted by Crippen LogP contribution is -2.61. The summed E-state index contributed by atoms with van der Waals surface area (Å²) < 4.78 is 14.0. The number of fused-ring (bicyclic) bond motifs is 8. The fourth-order valence-corrected chi connectivity index (χ4v) is 9.59. The summed E-state index contributed by atoms with van der Waals surface area (Å²) in [6.45, 7) is 25.1. The van der Waals surface area contributed by atoms with Crippen LogP contribution in [0.2, 0.25) is 0 Å². The molecule has 6 aromatic carbocycles. The van der Waals surface area contributed by atoms with E-state index in [9.17, 15) is 0 Å². The quantitative estimate of drug-likeness (QED) is 0.164. The summed E-state index contributed by atoms with van der Waals surface area (Å²) in [6.07, 6.45) is 0. The van der Waals surface area contributed by atoms with Crippen LogP contribution in [0.25, 0.3) is 11.0 Å². The van der Waals surface area contributed by atoms with Gasteiger partial charge in [0.05, 0.1) is 11.3 Å². The van der Waals surface area contributed by atoms with E-state index in [1.807, 2.05) is 0 Å². The van der Waals surface area contributed by atoms with Gasteiger partial charge in [-0.2, -0.15) is 0 Å². The molecule has 0 saturated heterocycles. The molecule has 7 aromatic rings. The molecule has 0 atom stereocenters. The molecule has 3 aliphatic heterocycles. The number of hydrogen-bond donors (Lipinski definition) is 0. The second kappa shape index (κ2) is 12.2. The minimum absolute atomic E-state index is 0.0311. The Morgan fingerprint density at radius 2 is 1.09 bits per heavy atom. The maximum Gasteiger partial charge on any atom is 0.297 e. The third-order valence-electron chi connectivity index (χ3n) is 13.0. The highest BCUT2D eigenvalue weighted by atomic mass is 16.5. The Hall–Kier alpha value is -5.68. The van der Waals surface area contributed by atoms with E-state index in [1.54, 1.807) is 0 Å². The average Bonchev–Trinajstić information content (AvgIpc) is 3.54. The van der Waals surface area contributed by atoms with Crippen molar-refractivity contribution in [2.45, 2.75) is 97.8 Å². The summed E-state index contributed by atoms with van der Waals surface area (Å²) in [7, 11) is 0. The number of ether oxygens (including phenoxy) is 1. The molecule has 58 heavy (non-hydrogen) atoms. The van der Waals surface area contributed by atoms with Gasteiger partial charge in [-0.15, -0.1) is 0 Å². The average molecular weight is 761 g/mol. The van der Waals surface area contributed by atoms with Gasteiger partial charge in [0, 0.05) is 56.4 Å². The number of hydrogen-bond acceptors (Lipinski definition) is 4. The molecule has 0 fully saturated rings. The number of anilines is 6. The van der Waals surface area contributed by atoms with Gasteiger partial charge >= 0.3 is 0 Å². The molecule has 0 spiro atoms. The van der Waals surface area contributed by atoms with E-state index in [0.29, 0.717) is 0 Å². The number of para-hydroxylation sites is 1. The molecule has 4 nitrogen and oxygen atoms in total. The third kappa shape index (κ3) is 5.42. The normalized spacial score (nSPS) is 15.3. The largest absolute Gasteiger partial charge is 0.468 e. The molecule has 0 amide bonds. The van der Waals surface area contributed by atoms with Crippen LogP contribution < -0.4 is 31.1 Å². The van der Waals surface area contributed by atoms with Crippen LogP contribution >= 0.6 is 0 Å². The van der Waals surface area contributed by atoms with Crippen LogP contribution in [0.4, 0.5) is 34.1 Å². The zero-order valence-electron chi connectivity index (χ0n) is 35.8. The molecule has 0 aliphatic carbocycles. The van der Waals surface area contributed by atoms with Crippen molar-refractivity contribution in [2.24, 2.45) is 0 Å². The minimum Gasteiger partial charge on any atom is -0.468 e. The summed E-state index contributed by atoms with van der Waals surface area (Å²) in [4.78, 5) is 4.95. The number of furan rings is 1. The van der Waals surface area contributed by atoms with Crippen molar-refractivity contribution in [1.82, 2.24) is 0 Å². The van der Waals surface area contributed by atoms with Crippen molar-refractivity contribution in [2.75, 3.05) is 9.80 Å². The molecule has 4 heterocycles. The summed E-state index contributed by atoms with van der Waals surface area (Å²) >= 11 is 0. The SMILES string of the molecule is CC(C)(C)c1ccc(N2c3ccc(C(C)(C)C)cc3B3c4oc5cc6c(cc5c4N(c4ccc(C(C)(C)C)cc4)c4cccc2c43)C(C)(C)c2ccccc2O6)cc1. The zero-order chi connectivity index (χ0) is 40.7. The van der Waals surface area contributed by atoms with E-state index < -0.39 is 0 Å². The first-order valence-electron chi connectivity index (χ1n) is 20.9. The van der Waals surface area contributed by atoms with Crippen LogP contribution in [-0.4, -0.2) is 6.71 Å². The molecule has 10 rings (SSSR count). The predicted molar refractivity (Wildman–Crippen MR) is 245 cm³/mol. The van der Waals surface area contributed by atoms with Crippen molar-refractivity contribution in [1.29, 1.82) is 0 Å². The summed E-state index contributed by atoms with van der Waals surface area (Å²) in [6, 6.07) is 45.2. The molecule has 290 valence electrons. The molecular weight excluding hydrogens is 707 g/mol. The number of rotatable bonds is 2. The molecule has 5 heteroatoms. The van der Waals surface area contributed by atoms with Gasteiger partial charge in [-0.1, -0.05) is 137 Å². The van der Waals surface area contributed by atoms with Gasteiger partial charge in [0.15, 0.2) is 0 Å². The van der Waals surface area contributed by atoms with E-state index in [0.717, 1.165) is 50.8 Å². The Morgan fingerprint density at radius 1 is 0.517 bits per heavy atom. The summed E-state index contributed by atoms with van der Waals surface area (Å²) in [5, 5.41) is 1.09. The topological polar surface area (TPSA) is 28.9 Å². The predicted octanol–water partition coefficient (Wildman–Crippen LogP) is 12.8. The Morgan fingerprint density at radius 3 is 1.71 bits per heavy atom. The molecule has 1 aromatic heterocycles. The molecular formula is C53H53BN2O2. The monoisotopic (exact) mass is 760 g/mol. The molecule has 0 bridgehead atoms. The second-order valence-corrected chi connectivity index (χ2v) is 20.3. The first-order valence-corrected chi connectivity index (χ1v) is 20.9. The number of nitrogens with zero attached hydrogens (tertiary/aromatic N) is 2. The summed E-state index contributed by atoms with van der Waals surface area (Å²) in [5.74, 6) is 1.75.